The molecule has 0 saturated heterocycles. The minimum absolute atomic E-state index is 0.237. The molecule has 7 nitrogen and oxygen atoms in total. The van der Waals surface area contributed by atoms with Crippen LogP contribution in [0, 0.1) is 11.3 Å². The molecule has 0 fully saturated rings. The number of anilines is 1. The molecule has 1 aromatic carbocycles. The summed E-state index contributed by atoms with van der Waals surface area (Å²) in [6.07, 6.45) is 0. The molecular formula is C17H14ClN5O2. The molecule has 0 saturated carbocycles. The highest BCUT2D eigenvalue weighted by atomic mass is 35.5. The number of rotatable bonds is 3. The highest BCUT2D eigenvalue weighted by Gasteiger charge is 2.15. The highest BCUT2D eigenvalue weighted by Crippen LogP contribution is 2.18. The summed E-state index contributed by atoms with van der Waals surface area (Å²) in [4.78, 5) is 31.7. The maximum atomic E-state index is 12.3. The van der Waals surface area contributed by atoms with Crippen molar-refractivity contribution < 1.29 is 0 Å². The zero-order chi connectivity index (χ0) is 18.1. The summed E-state index contributed by atoms with van der Waals surface area (Å²) in [5, 5.41) is 12.5. The maximum Gasteiger partial charge on any atom is 0.274 e. The maximum absolute atomic E-state index is 12.3. The number of nitrogens with zero attached hydrogens (tertiary/aromatic N) is 3. The standard InChI is InChI=1S/C17H14ClN5O2/c1-9(20-13-6-4-11(8-19)23(2)17(13)25)15-16(24)22-12-5-3-10(18)7-14(12)21-15/h3-7,9,20H,1-2H3,(H,22,24)/t9-/m0/s1. The fourth-order valence-corrected chi connectivity index (χ4v) is 2.69. The van der Waals surface area contributed by atoms with Gasteiger partial charge in [0, 0.05) is 12.1 Å². The van der Waals surface area contributed by atoms with E-state index in [2.05, 4.69) is 15.3 Å². The molecule has 126 valence electrons. The number of H-pyrrole nitrogens is 1. The van der Waals surface area contributed by atoms with Crippen LogP contribution in [0.1, 0.15) is 24.4 Å². The van der Waals surface area contributed by atoms with Gasteiger partial charge < -0.3 is 14.9 Å². The zero-order valence-electron chi connectivity index (χ0n) is 13.5. The molecule has 8 heteroatoms. The number of fused-ring (bicyclic) bond motifs is 1. The number of halogens is 1. The Morgan fingerprint density at radius 3 is 2.80 bits per heavy atom. The van der Waals surface area contributed by atoms with Gasteiger partial charge in [-0.3, -0.25) is 9.59 Å². The van der Waals surface area contributed by atoms with Gasteiger partial charge in [0.25, 0.3) is 11.1 Å². The lowest BCUT2D eigenvalue weighted by Gasteiger charge is -2.15. The van der Waals surface area contributed by atoms with E-state index in [-0.39, 0.29) is 28.2 Å². The first-order chi connectivity index (χ1) is 11.9. The van der Waals surface area contributed by atoms with Crippen molar-refractivity contribution in [3.05, 3.63) is 67.4 Å². The first-order valence-corrected chi connectivity index (χ1v) is 7.84. The largest absolute Gasteiger partial charge is 0.372 e. The van der Waals surface area contributed by atoms with E-state index in [0.29, 0.717) is 16.1 Å². The molecule has 3 aromatic rings. The van der Waals surface area contributed by atoms with Gasteiger partial charge in [-0.05, 0) is 37.3 Å². The number of benzene rings is 1. The molecule has 2 N–H and O–H groups in total. The van der Waals surface area contributed by atoms with Crippen LogP contribution in [0.2, 0.25) is 5.02 Å². The van der Waals surface area contributed by atoms with Crippen molar-refractivity contribution in [2.24, 2.45) is 7.05 Å². The van der Waals surface area contributed by atoms with E-state index in [9.17, 15) is 9.59 Å². The van der Waals surface area contributed by atoms with Crippen LogP contribution in [0.25, 0.3) is 11.0 Å². The fourth-order valence-electron chi connectivity index (χ4n) is 2.52. The van der Waals surface area contributed by atoms with Crippen molar-refractivity contribution in [3.63, 3.8) is 0 Å². The summed E-state index contributed by atoms with van der Waals surface area (Å²) < 4.78 is 1.24. The summed E-state index contributed by atoms with van der Waals surface area (Å²) in [6, 6.07) is 9.48. The van der Waals surface area contributed by atoms with Gasteiger partial charge in [-0.15, -0.1) is 0 Å². The molecule has 0 aliphatic carbocycles. The predicted molar refractivity (Wildman–Crippen MR) is 95.8 cm³/mol. The van der Waals surface area contributed by atoms with Crippen molar-refractivity contribution in [2.75, 3.05) is 5.32 Å². The number of nitriles is 1. The van der Waals surface area contributed by atoms with E-state index in [4.69, 9.17) is 16.9 Å². The van der Waals surface area contributed by atoms with Crippen molar-refractivity contribution in [2.45, 2.75) is 13.0 Å². The van der Waals surface area contributed by atoms with Gasteiger partial charge >= 0.3 is 0 Å². The van der Waals surface area contributed by atoms with Gasteiger partial charge in [0.05, 0.1) is 17.1 Å². The Morgan fingerprint density at radius 2 is 2.08 bits per heavy atom. The molecule has 0 aliphatic rings. The number of aromatic amines is 1. The van der Waals surface area contributed by atoms with Crippen LogP contribution in [0.4, 0.5) is 5.69 Å². The number of nitrogens with one attached hydrogen (secondary N) is 2. The van der Waals surface area contributed by atoms with Crippen LogP contribution in [0.5, 0.6) is 0 Å². The lowest BCUT2D eigenvalue weighted by Crippen LogP contribution is -2.27. The zero-order valence-corrected chi connectivity index (χ0v) is 14.3. The Morgan fingerprint density at radius 1 is 1.32 bits per heavy atom. The number of hydrogen-bond donors (Lipinski definition) is 2. The lowest BCUT2D eigenvalue weighted by atomic mass is 10.2. The monoisotopic (exact) mass is 355 g/mol. The first-order valence-electron chi connectivity index (χ1n) is 7.47. The average Bonchev–Trinajstić information content (AvgIpc) is 2.59. The van der Waals surface area contributed by atoms with Crippen molar-refractivity contribution in [3.8, 4) is 6.07 Å². The van der Waals surface area contributed by atoms with Crippen LogP contribution in [-0.4, -0.2) is 14.5 Å². The summed E-state index contributed by atoms with van der Waals surface area (Å²) in [6.45, 7) is 1.73. The molecule has 0 spiro atoms. The van der Waals surface area contributed by atoms with Crippen LogP contribution in [0.3, 0.4) is 0 Å². The molecule has 0 unspecified atom stereocenters. The van der Waals surface area contributed by atoms with Crippen LogP contribution in [0.15, 0.2) is 39.9 Å². The van der Waals surface area contributed by atoms with Crippen LogP contribution >= 0.6 is 11.6 Å². The minimum Gasteiger partial charge on any atom is -0.372 e. The van der Waals surface area contributed by atoms with E-state index in [1.165, 1.54) is 23.7 Å². The third-order valence-corrected chi connectivity index (χ3v) is 4.12. The third kappa shape index (κ3) is 3.12. The Bertz CT molecular complexity index is 1130. The van der Waals surface area contributed by atoms with E-state index >= 15 is 0 Å². The first kappa shape index (κ1) is 16.7. The molecule has 2 heterocycles. The lowest BCUT2D eigenvalue weighted by molar-refractivity contribution is 0.799. The second kappa shape index (κ2) is 6.42. The van der Waals surface area contributed by atoms with E-state index in [1.54, 1.807) is 25.1 Å². The van der Waals surface area contributed by atoms with Gasteiger partial charge in [-0.2, -0.15) is 5.26 Å². The molecule has 25 heavy (non-hydrogen) atoms. The summed E-state index contributed by atoms with van der Waals surface area (Å²) in [7, 11) is 1.51. The number of aromatic nitrogens is 3. The number of pyridine rings is 1. The molecule has 0 radical (unpaired) electrons. The quantitative estimate of drug-likeness (QED) is 0.750. The van der Waals surface area contributed by atoms with Crippen molar-refractivity contribution in [1.29, 1.82) is 5.26 Å². The molecule has 1 atom stereocenters. The third-order valence-electron chi connectivity index (χ3n) is 3.88. The second-order valence-electron chi connectivity index (χ2n) is 5.59. The van der Waals surface area contributed by atoms with Crippen molar-refractivity contribution in [1.82, 2.24) is 14.5 Å². The SMILES string of the molecule is C[C@H](Nc1ccc(C#N)n(C)c1=O)c1nc2cc(Cl)ccc2[nH]c1=O. The van der Waals surface area contributed by atoms with Gasteiger partial charge in [-0.1, -0.05) is 11.6 Å². The minimum atomic E-state index is -0.521. The summed E-state index contributed by atoms with van der Waals surface area (Å²) in [5.74, 6) is 0. The molecule has 0 aliphatic heterocycles. The summed E-state index contributed by atoms with van der Waals surface area (Å²) in [5.41, 5.74) is 1.21. The molecule has 0 amide bonds. The second-order valence-corrected chi connectivity index (χ2v) is 6.02. The van der Waals surface area contributed by atoms with Gasteiger partial charge in [0.1, 0.15) is 23.1 Å². The van der Waals surface area contributed by atoms with Gasteiger partial charge in [0.2, 0.25) is 0 Å². The Labute approximate surface area is 147 Å². The van der Waals surface area contributed by atoms with Crippen molar-refractivity contribution >= 4 is 28.3 Å². The Balaban J connectivity index is 2.01. The van der Waals surface area contributed by atoms with E-state index < -0.39 is 6.04 Å². The normalized spacial score (nSPS) is 11.9. The molecule has 2 aromatic heterocycles. The smallest absolute Gasteiger partial charge is 0.274 e. The molecule has 3 rings (SSSR count). The van der Waals surface area contributed by atoms with Gasteiger partial charge in [-0.25, -0.2) is 4.98 Å². The van der Waals surface area contributed by atoms with E-state index in [1.807, 2.05) is 6.07 Å². The van der Waals surface area contributed by atoms with Crippen LogP contribution < -0.4 is 16.4 Å². The van der Waals surface area contributed by atoms with Crippen LogP contribution in [-0.2, 0) is 7.05 Å². The number of hydrogen-bond acceptors (Lipinski definition) is 5. The fraction of sp³-hybridized carbons (Fsp3) is 0.176. The summed E-state index contributed by atoms with van der Waals surface area (Å²) >= 11 is 5.97. The predicted octanol–water partition coefficient (Wildman–Crippen LogP) is 2.32. The molecular weight excluding hydrogens is 342 g/mol. The Kier molecular flexibility index (Phi) is 4.30. The Hall–Kier alpha value is -3.11. The highest BCUT2D eigenvalue weighted by molar-refractivity contribution is 6.31. The van der Waals surface area contributed by atoms with Gasteiger partial charge in [0.15, 0.2) is 0 Å². The topological polar surface area (TPSA) is 104 Å². The van der Waals surface area contributed by atoms with E-state index in [0.717, 1.165) is 0 Å². The molecule has 0 bridgehead atoms. The average molecular weight is 356 g/mol.